The van der Waals surface area contributed by atoms with Crippen LogP contribution in [0.5, 0.6) is 0 Å². The molecule has 2 atom stereocenters. The minimum Gasteiger partial charge on any atom is -0.388 e. The van der Waals surface area contributed by atoms with Crippen molar-refractivity contribution in [2.75, 3.05) is 18.0 Å². The maximum absolute atomic E-state index is 9.76. The normalized spacial score (nSPS) is 22.5. The molecular weight excluding hydrogens is 210 g/mol. The van der Waals surface area contributed by atoms with Crippen LogP contribution in [0.1, 0.15) is 44.8 Å². The van der Waals surface area contributed by atoms with E-state index in [0.717, 1.165) is 24.4 Å². The molecule has 2 unspecified atom stereocenters. The molecule has 1 aromatic rings. The number of piperidine rings is 1. The maximum atomic E-state index is 9.76. The van der Waals surface area contributed by atoms with Crippen LogP contribution >= 0.6 is 0 Å². The standard InChI is InChI=1S/C15H23NO/c1-3-15(17)13-6-8-14(9-7-13)16-10-4-5-12(2)11-16/h6-9,12,15,17H,3-5,10-11H2,1-2H3. The van der Waals surface area contributed by atoms with E-state index in [-0.39, 0.29) is 6.10 Å². The lowest BCUT2D eigenvalue weighted by atomic mass is 9.99. The van der Waals surface area contributed by atoms with E-state index in [1.54, 1.807) is 0 Å². The van der Waals surface area contributed by atoms with Gasteiger partial charge < -0.3 is 10.0 Å². The monoisotopic (exact) mass is 233 g/mol. The number of anilines is 1. The third-order valence-electron chi connectivity index (χ3n) is 3.69. The van der Waals surface area contributed by atoms with E-state index < -0.39 is 0 Å². The number of rotatable bonds is 3. The molecule has 17 heavy (non-hydrogen) atoms. The van der Waals surface area contributed by atoms with Gasteiger partial charge in [0.1, 0.15) is 0 Å². The predicted octanol–water partition coefficient (Wildman–Crippen LogP) is 3.37. The number of nitrogens with zero attached hydrogens (tertiary/aromatic N) is 1. The summed E-state index contributed by atoms with van der Waals surface area (Å²) in [4.78, 5) is 2.45. The molecular formula is C15H23NO. The molecule has 2 heteroatoms. The molecule has 1 saturated heterocycles. The number of hydrogen-bond donors (Lipinski definition) is 1. The first-order valence-electron chi connectivity index (χ1n) is 6.73. The van der Waals surface area contributed by atoms with Crippen LogP contribution in [0.25, 0.3) is 0 Å². The van der Waals surface area contributed by atoms with Crippen LogP contribution in [0, 0.1) is 5.92 Å². The minimum absolute atomic E-state index is 0.315. The Morgan fingerprint density at radius 3 is 2.65 bits per heavy atom. The first kappa shape index (κ1) is 12.4. The third-order valence-corrected chi connectivity index (χ3v) is 3.69. The van der Waals surface area contributed by atoms with Gasteiger partial charge in [-0.3, -0.25) is 0 Å². The molecule has 1 aliphatic heterocycles. The molecule has 1 heterocycles. The Labute approximate surface area is 104 Å². The van der Waals surface area contributed by atoms with Gasteiger partial charge in [-0.05, 0) is 42.9 Å². The molecule has 1 aromatic carbocycles. The molecule has 0 aliphatic carbocycles. The molecule has 2 nitrogen and oxygen atoms in total. The van der Waals surface area contributed by atoms with Crippen molar-refractivity contribution < 1.29 is 5.11 Å². The van der Waals surface area contributed by atoms with E-state index in [1.165, 1.54) is 25.1 Å². The van der Waals surface area contributed by atoms with Crippen LogP contribution in [0.15, 0.2) is 24.3 Å². The highest BCUT2D eigenvalue weighted by molar-refractivity contribution is 5.48. The molecule has 1 N–H and O–H groups in total. The number of aliphatic hydroxyl groups excluding tert-OH is 1. The fourth-order valence-corrected chi connectivity index (χ4v) is 2.57. The van der Waals surface area contributed by atoms with Gasteiger partial charge in [0.25, 0.3) is 0 Å². The third kappa shape index (κ3) is 3.01. The fraction of sp³-hybridized carbons (Fsp3) is 0.600. The highest BCUT2D eigenvalue weighted by Gasteiger charge is 2.16. The average Bonchev–Trinajstić information content (AvgIpc) is 2.38. The Kier molecular flexibility index (Phi) is 4.06. The summed E-state index contributed by atoms with van der Waals surface area (Å²) in [5, 5.41) is 9.76. The minimum atomic E-state index is -0.315. The van der Waals surface area contributed by atoms with Gasteiger partial charge in [0.05, 0.1) is 6.10 Å². The van der Waals surface area contributed by atoms with E-state index in [9.17, 15) is 5.11 Å². The molecule has 0 aromatic heterocycles. The van der Waals surface area contributed by atoms with Crippen molar-refractivity contribution in [1.82, 2.24) is 0 Å². The summed E-state index contributed by atoms with van der Waals surface area (Å²) in [6, 6.07) is 8.41. The van der Waals surface area contributed by atoms with Gasteiger partial charge in [0, 0.05) is 18.8 Å². The Balaban J connectivity index is 2.06. The Morgan fingerprint density at radius 2 is 2.06 bits per heavy atom. The molecule has 0 radical (unpaired) electrons. The van der Waals surface area contributed by atoms with Gasteiger partial charge >= 0.3 is 0 Å². The predicted molar refractivity (Wildman–Crippen MR) is 72.3 cm³/mol. The van der Waals surface area contributed by atoms with E-state index >= 15 is 0 Å². The summed E-state index contributed by atoms with van der Waals surface area (Å²) in [5.41, 5.74) is 2.32. The van der Waals surface area contributed by atoms with E-state index in [1.807, 2.05) is 6.92 Å². The molecule has 94 valence electrons. The number of benzene rings is 1. The van der Waals surface area contributed by atoms with Gasteiger partial charge in [0.2, 0.25) is 0 Å². The highest BCUT2D eigenvalue weighted by atomic mass is 16.3. The topological polar surface area (TPSA) is 23.5 Å². The largest absolute Gasteiger partial charge is 0.388 e. The molecule has 0 amide bonds. The second-order valence-corrected chi connectivity index (χ2v) is 5.21. The summed E-state index contributed by atoms with van der Waals surface area (Å²) in [6.07, 6.45) is 3.10. The lowest BCUT2D eigenvalue weighted by Gasteiger charge is -2.33. The molecule has 2 rings (SSSR count). The second kappa shape index (κ2) is 5.54. The van der Waals surface area contributed by atoms with Crippen molar-refractivity contribution in [2.45, 2.75) is 39.2 Å². The average molecular weight is 233 g/mol. The van der Waals surface area contributed by atoms with Crippen LogP contribution < -0.4 is 4.90 Å². The van der Waals surface area contributed by atoms with Crippen molar-refractivity contribution in [1.29, 1.82) is 0 Å². The van der Waals surface area contributed by atoms with Crippen LogP contribution in [0.4, 0.5) is 5.69 Å². The number of hydrogen-bond acceptors (Lipinski definition) is 2. The van der Waals surface area contributed by atoms with Gasteiger partial charge in [-0.15, -0.1) is 0 Å². The molecule has 0 saturated carbocycles. The Hall–Kier alpha value is -1.02. The van der Waals surface area contributed by atoms with E-state index in [2.05, 4.69) is 36.1 Å². The van der Waals surface area contributed by atoms with Crippen molar-refractivity contribution in [3.05, 3.63) is 29.8 Å². The van der Waals surface area contributed by atoms with Crippen molar-refractivity contribution in [2.24, 2.45) is 5.92 Å². The van der Waals surface area contributed by atoms with Gasteiger partial charge in [-0.1, -0.05) is 26.0 Å². The zero-order valence-corrected chi connectivity index (χ0v) is 10.9. The van der Waals surface area contributed by atoms with Crippen LogP contribution in [-0.2, 0) is 0 Å². The molecule has 0 bridgehead atoms. The van der Waals surface area contributed by atoms with Crippen molar-refractivity contribution >= 4 is 5.69 Å². The first-order chi connectivity index (χ1) is 8.20. The van der Waals surface area contributed by atoms with Crippen molar-refractivity contribution in [3.8, 4) is 0 Å². The number of aliphatic hydroxyl groups is 1. The summed E-state index contributed by atoms with van der Waals surface area (Å²) in [5.74, 6) is 0.796. The van der Waals surface area contributed by atoms with E-state index in [4.69, 9.17) is 0 Å². The molecule has 1 aliphatic rings. The summed E-state index contributed by atoms with van der Waals surface area (Å²) < 4.78 is 0. The Morgan fingerprint density at radius 1 is 1.35 bits per heavy atom. The maximum Gasteiger partial charge on any atom is 0.0787 e. The fourth-order valence-electron chi connectivity index (χ4n) is 2.57. The first-order valence-corrected chi connectivity index (χ1v) is 6.73. The van der Waals surface area contributed by atoms with Crippen LogP contribution in [-0.4, -0.2) is 18.2 Å². The molecule has 0 spiro atoms. The molecule has 1 fully saturated rings. The van der Waals surface area contributed by atoms with Crippen LogP contribution in [0.2, 0.25) is 0 Å². The zero-order valence-electron chi connectivity index (χ0n) is 10.9. The van der Waals surface area contributed by atoms with Gasteiger partial charge in [-0.25, -0.2) is 0 Å². The highest BCUT2D eigenvalue weighted by Crippen LogP contribution is 2.25. The SMILES string of the molecule is CCC(O)c1ccc(N2CCCC(C)C2)cc1. The summed E-state index contributed by atoms with van der Waals surface area (Å²) in [6.45, 7) is 6.65. The Bertz CT molecular complexity index is 346. The zero-order chi connectivity index (χ0) is 12.3. The second-order valence-electron chi connectivity index (χ2n) is 5.21. The quantitative estimate of drug-likeness (QED) is 0.865. The van der Waals surface area contributed by atoms with Gasteiger partial charge in [0.15, 0.2) is 0 Å². The lowest BCUT2D eigenvalue weighted by molar-refractivity contribution is 0.173. The van der Waals surface area contributed by atoms with Gasteiger partial charge in [-0.2, -0.15) is 0 Å². The summed E-state index contributed by atoms with van der Waals surface area (Å²) in [7, 11) is 0. The van der Waals surface area contributed by atoms with Crippen molar-refractivity contribution in [3.63, 3.8) is 0 Å². The summed E-state index contributed by atoms with van der Waals surface area (Å²) >= 11 is 0. The van der Waals surface area contributed by atoms with E-state index in [0.29, 0.717) is 0 Å². The lowest BCUT2D eigenvalue weighted by Crippen LogP contribution is -2.34. The smallest absolute Gasteiger partial charge is 0.0787 e. The van der Waals surface area contributed by atoms with Crippen LogP contribution in [0.3, 0.4) is 0 Å².